The van der Waals surface area contributed by atoms with Gasteiger partial charge in [0.15, 0.2) is 0 Å². The summed E-state index contributed by atoms with van der Waals surface area (Å²) in [6.07, 6.45) is 3.61. The van der Waals surface area contributed by atoms with Crippen LogP contribution in [0.2, 0.25) is 0 Å². The lowest BCUT2D eigenvalue weighted by Crippen LogP contribution is -2.33. The molecule has 23 heavy (non-hydrogen) atoms. The Morgan fingerprint density at radius 2 is 1.78 bits per heavy atom. The number of hydrogen-bond acceptors (Lipinski definition) is 3. The maximum Gasteiger partial charge on any atom is 0.306 e. The number of rotatable bonds is 5. The highest BCUT2D eigenvalue weighted by molar-refractivity contribution is 5.98. The molecule has 1 aromatic carbocycles. The van der Waals surface area contributed by atoms with Crippen LogP contribution in [-0.2, 0) is 9.59 Å². The standard InChI is InChI=1S/C17H20N2O4/c20-15(10-4-5-10)18-13-3-1-2-11(8-13)16(21)19-14-7-6-12(9-14)17(22)23/h1-3,8,10,12,14H,4-7,9H2,(H,18,20)(H,19,21)(H,22,23)/t12-,14+/m1/s1. The maximum atomic E-state index is 12.3. The van der Waals surface area contributed by atoms with Crippen LogP contribution in [0.15, 0.2) is 24.3 Å². The summed E-state index contributed by atoms with van der Waals surface area (Å²) in [5.74, 6) is -1.29. The molecule has 2 aliphatic carbocycles. The Kier molecular flexibility index (Phi) is 4.32. The minimum Gasteiger partial charge on any atom is -0.481 e. The van der Waals surface area contributed by atoms with E-state index < -0.39 is 5.97 Å². The molecule has 6 nitrogen and oxygen atoms in total. The molecule has 2 amide bonds. The molecule has 0 bridgehead atoms. The van der Waals surface area contributed by atoms with Crippen molar-refractivity contribution in [3.8, 4) is 0 Å². The lowest BCUT2D eigenvalue weighted by Gasteiger charge is -2.13. The summed E-state index contributed by atoms with van der Waals surface area (Å²) in [7, 11) is 0. The Bertz CT molecular complexity index is 639. The highest BCUT2D eigenvalue weighted by atomic mass is 16.4. The number of carbonyl (C=O) groups excluding carboxylic acids is 2. The van der Waals surface area contributed by atoms with Crippen molar-refractivity contribution < 1.29 is 19.5 Å². The fraction of sp³-hybridized carbons (Fsp3) is 0.471. The second-order valence-electron chi connectivity index (χ2n) is 6.36. The van der Waals surface area contributed by atoms with Crippen molar-refractivity contribution in [3.63, 3.8) is 0 Å². The fourth-order valence-corrected chi connectivity index (χ4v) is 2.93. The van der Waals surface area contributed by atoms with E-state index in [1.165, 1.54) is 0 Å². The van der Waals surface area contributed by atoms with Crippen LogP contribution in [0.25, 0.3) is 0 Å². The van der Waals surface area contributed by atoms with Gasteiger partial charge in [0.2, 0.25) is 5.91 Å². The highest BCUT2D eigenvalue weighted by Crippen LogP contribution is 2.30. The number of aliphatic carboxylic acids is 1. The SMILES string of the molecule is O=C(N[C@H]1CC[C@@H](C(=O)O)C1)c1cccc(NC(=O)C2CC2)c1. The summed E-state index contributed by atoms with van der Waals surface area (Å²) in [5.41, 5.74) is 1.08. The predicted molar refractivity (Wildman–Crippen MR) is 84.0 cm³/mol. The van der Waals surface area contributed by atoms with Crippen molar-refractivity contribution in [2.75, 3.05) is 5.32 Å². The number of amides is 2. The number of carboxylic acids is 1. The van der Waals surface area contributed by atoms with Gasteiger partial charge in [-0.25, -0.2) is 0 Å². The minimum absolute atomic E-state index is 0.00245. The van der Waals surface area contributed by atoms with Crippen LogP contribution in [0, 0.1) is 11.8 Å². The zero-order valence-electron chi connectivity index (χ0n) is 12.7. The third-order valence-corrected chi connectivity index (χ3v) is 4.46. The van der Waals surface area contributed by atoms with E-state index >= 15 is 0 Å². The summed E-state index contributed by atoms with van der Waals surface area (Å²) in [6.45, 7) is 0. The summed E-state index contributed by atoms with van der Waals surface area (Å²) < 4.78 is 0. The third kappa shape index (κ3) is 3.88. The molecule has 0 radical (unpaired) electrons. The molecule has 0 unspecified atom stereocenters. The Morgan fingerprint density at radius 3 is 2.43 bits per heavy atom. The number of nitrogens with one attached hydrogen (secondary N) is 2. The van der Waals surface area contributed by atoms with Crippen molar-refractivity contribution in [2.24, 2.45) is 11.8 Å². The van der Waals surface area contributed by atoms with Gasteiger partial charge in [-0.05, 0) is 50.3 Å². The van der Waals surface area contributed by atoms with Gasteiger partial charge < -0.3 is 15.7 Å². The zero-order valence-corrected chi connectivity index (χ0v) is 12.7. The normalized spacial score (nSPS) is 23.3. The third-order valence-electron chi connectivity index (χ3n) is 4.46. The molecule has 0 saturated heterocycles. The van der Waals surface area contributed by atoms with Crippen molar-refractivity contribution in [1.82, 2.24) is 5.32 Å². The lowest BCUT2D eigenvalue weighted by molar-refractivity contribution is -0.141. The summed E-state index contributed by atoms with van der Waals surface area (Å²) in [4.78, 5) is 35.0. The Balaban J connectivity index is 1.59. The molecule has 3 rings (SSSR count). The van der Waals surface area contributed by atoms with Gasteiger partial charge in [0.05, 0.1) is 5.92 Å². The Morgan fingerprint density at radius 1 is 1.04 bits per heavy atom. The number of carboxylic acid groups (broad SMARTS) is 1. The highest BCUT2D eigenvalue weighted by Gasteiger charge is 2.31. The first-order valence-corrected chi connectivity index (χ1v) is 7.97. The van der Waals surface area contributed by atoms with Crippen molar-refractivity contribution in [3.05, 3.63) is 29.8 Å². The van der Waals surface area contributed by atoms with Gasteiger partial charge in [-0.1, -0.05) is 6.07 Å². The number of carbonyl (C=O) groups is 3. The first-order valence-electron chi connectivity index (χ1n) is 7.97. The van der Waals surface area contributed by atoms with Crippen LogP contribution in [0.3, 0.4) is 0 Å². The molecule has 2 fully saturated rings. The molecular formula is C17H20N2O4. The van der Waals surface area contributed by atoms with Crippen LogP contribution in [0.5, 0.6) is 0 Å². The zero-order chi connectivity index (χ0) is 16.4. The summed E-state index contributed by atoms with van der Waals surface area (Å²) in [5, 5.41) is 14.7. The van der Waals surface area contributed by atoms with E-state index in [0.29, 0.717) is 30.5 Å². The van der Waals surface area contributed by atoms with Crippen molar-refractivity contribution in [2.45, 2.75) is 38.1 Å². The minimum atomic E-state index is -0.800. The molecule has 1 aromatic rings. The van der Waals surface area contributed by atoms with Gasteiger partial charge in [0, 0.05) is 23.2 Å². The van der Waals surface area contributed by atoms with Crippen LogP contribution in [0.1, 0.15) is 42.5 Å². The smallest absolute Gasteiger partial charge is 0.306 e. The lowest BCUT2D eigenvalue weighted by atomic mass is 10.1. The van der Waals surface area contributed by atoms with E-state index in [0.717, 1.165) is 12.8 Å². The van der Waals surface area contributed by atoms with E-state index in [4.69, 9.17) is 5.11 Å². The molecule has 2 aliphatic rings. The second-order valence-corrected chi connectivity index (χ2v) is 6.36. The molecule has 2 atom stereocenters. The molecule has 0 heterocycles. The molecule has 0 aliphatic heterocycles. The van der Waals surface area contributed by atoms with Crippen molar-refractivity contribution >= 4 is 23.5 Å². The van der Waals surface area contributed by atoms with E-state index in [2.05, 4.69) is 10.6 Å². The average molecular weight is 316 g/mol. The van der Waals surface area contributed by atoms with Crippen LogP contribution >= 0.6 is 0 Å². The Labute approximate surface area is 134 Å². The Hall–Kier alpha value is -2.37. The van der Waals surface area contributed by atoms with Crippen LogP contribution in [-0.4, -0.2) is 28.9 Å². The summed E-state index contributed by atoms with van der Waals surface area (Å²) in [6, 6.07) is 6.72. The molecule has 3 N–H and O–H groups in total. The van der Waals surface area contributed by atoms with Gasteiger partial charge in [-0.3, -0.25) is 14.4 Å². The molecule has 0 spiro atoms. The maximum absolute atomic E-state index is 12.3. The average Bonchev–Trinajstić information content (AvgIpc) is 3.27. The van der Waals surface area contributed by atoms with Gasteiger partial charge in [-0.2, -0.15) is 0 Å². The largest absolute Gasteiger partial charge is 0.481 e. The topological polar surface area (TPSA) is 95.5 Å². The summed E-state index contributed by atoms with van der Waals surface area (Å²) >= 11 is 0. The van der Waals surface area contributed by atoms with E-state index in [9.17, 15) is 14.4 Å². The van der Waals surface area contributed by atoms with E-state index in [-0.39, 0.29) is 29.7 Å². The van der Waals surface area contributed by atoms with Crippen LogP contribution in [0.4, 0.5) is 5.69 Å². The first kappa shape index (κ1) is 15.5. The van der Waals surface area contributed by atoms with E-state index in [1.807, 2.05) is 0 Å². The number of hydrogen-bond donors (Lipinski definition) is 3. The number of benzene rings is 1. The van der Waals surface area contributed by atoms with Gasteiger partial charge in [0.25, 0.3) is 5.91 Å². The van der Waals surface area contributed by atoms with Crippen LogP contribution < -0.4 is 10.6 Å². The van der Waals surface area contributed by atoms with Gasteiger partial charge >= 0.3 is 5.97 Å². The first-order chi connectivity index (χ1) is 11.0. The fourth-order valence-electron chi connectivity index (χ4n) is 2.93. The molecular weight excluding hydrogens is 296 g/mol. The monoisotopic (exact) mass is 316 g/mol. The van der Waals surface area contributed by atoms with Gasteiger partial charge in [-0.15, -0.1) is 0 Å². The quantitative estimate of drug-likeness (QED) is 0.774. The predicted octanol–water partition coefficient (Wildman–Crippen LogP) is 2.02. The molecule has 122 valence electrons. The molecule has 6 heteroatoms. The number of anilines is 1. The molecule has 2 saturated carbocycles. The van der Waals surface area contributed by atoms with E-state index in [1.54, 1.807) is 24.3 Å². The van der Waals surface area contributed by atoms with Gasteiger partial charge in [0.1, 0.15) is 0 Å². The second kappa shape index (κ2) is 6.40. The molecule has 0 aromatic heterocycles. The van der Waals surface area contributed by atoms with Crippen molar-refractivity contribution in [1.29, 1.82) is 0 Å².